The van der Waals surface area contributed by atoms with Gasteiger partial charge in [0.1, 0.15) is 5.78 Å². The van der Waals surface area contributed by atoms with Crippen molar-refractivity contribution in [3.63, 3.8) is 0 Å². The van der Waals surface area contributed by atoms with Crippen molar-refractivity contribution in [1.82, 2.24) is 0 Å². The van der Waals surface area contributed by atoms with Crippen LogP contribution in [-0.4, -0.2) is 35.7 Å². The van der Waals surface area contributed by atoms with Crippen LogP contribution in [0.15, 0.2) is 0 Å². The van der Waals surface area contributed by atoms with E-state index in [0.29, 0.717) is 12.8 Å². The quantitative estimate of drug-likeness (QED) is 0.167. The number of hydrogen-bond donors (Lipinski definition) is 0. The maximum absolute atomic E-state index is 12.8. The van der Waals surface area contributed by atoms with Gasteiger partial charge in [0, 0.05) is 19.3 Å². The van der Waals surface area contributed by atoms with Crippen LogP contribution in [0.3, 0.4) is 0 Å². The van der Waals surface area contributed by atoms with Crippen molar-refractivity contribution in [2.45, 2.75) is 148 Å². The molecule has 0 N–H and O–H groups in total. The molecule has 4 atom stereocenters. The Hall–Kier alpha value is -1.72. The molecule has 2 aliphatic heterocycles. The standard InChI is InChI=1S/C29H48O6/c1-3-5-7-9-11-13-15-17-22-19-24(30)21-26(34-28(22)32)27-25(31)20-23(29(33)35-27)18-16-14-12-10-8-6-4-2/h22-23,26-27H,3-21H2,1-2H3. The molecule has 2 aliphatic rings. The smallest absolute Gasteiger partial charge is 0.310 e. The Morgan fingerprint density at radius 3 is 1.57 bits per heavy atom. The van der Waals surface area contributed by atoms with E-state index in [0.717, 1.165) is 38.5 Å². The number of rotatable bonds is 17. The van der Waals surface area contributed by atoms with Crippen LogP contribution in [0.4, 0.5) is 0 Å². The molecule has 0 radical (unpaired) electrons. The molecule has 0 bridgehead atoms. The lowest BCUT2D eigenvalue weighted by Crippen LogP contribution is -2.47. The van der Waals surface area contributed by atoms with Gasteiger partial charge in [0.25, 0.3) is 0 Å². The monoisotopic (exact) mass is 492 g/mol. The van der Waals surface area contributed by atoms with Crippen molar-refractivity contribution in [3.8, 4) is 0 Å². The van der Waals surface area contributed by atoms with E-state index >= 15 is 0 Å². The van der Waals surface area contributed by atoms with Crippen molar-refractivity contribution >= 4 is 23.5 Å². The molecule has 0 spiro atoms. The fourth-order valence-electron chi connectivity index (χ4n) is 5.27. The summed E-state index contributed by atoms with van der Waals surface area (Å²) in [6, 6.07) is 0. The van der Waals surface area contributed by atoms with Crippen LogP contribution in [0.1, 0.15) is 136 Å². The number of cyclic esters (lactones) is 2. The van der Waals surface area contributed by atoms with Gasteiger partial charge in [0.2, 0.25) is 0 Å². The van der Waals surface area contributed by atoms with Crippen LogP contribution in [0.25, 0.3) is 0 Å². The number of hydrogen-bond acceptors (Lipinski definition) is 6. The summed E-state index contributed by atoms with van der Waals surface area (Å²) in [4.78, 5) is 50.6. The largest absolute Gasteiger partial charge is 0.457 e. The molecule has 6 heteroatoms. The van der Waals surface area contributed by atoms with Crippen LogP contribution in [0.2, 0.25) is 0 Å². The van der Waals surface area contributed by atoms with Crippen LogP contribution in [-0.2, 0) is 28.7 Å². The summed E-state index contributed by atoms with van der Waals surface area (Å²) in [7, 11) is 0. The van der Waals surface area contributed by atoms with E-state index in [2.05, 4.69) is 13.8 Å². The zero-order valence-corrected chi connectivity index (χ0v) is 22.2. The second-order valence-corrected chi connectivity index (χ2v) is 10.7. The first-order valence-corrected chi connectivity index (χ1v) is 14.4. The van der Waals surface area contributed by atoms with Gasteiger partial charge >= 0.3 is 11.9 Å². The van der Waals surface area contributed by atoms with Gasteiger partial charge in [-0.15, -0.1) is 0 Å². The van der Waals surface area contributed by atoms with E-state index in [4.69, 9.17) is 9.47 Å². The number of ether oxygens (including phenoxy) is 2. The summed E-state index contributed by atoms with van der Waals surface area (Å²) in [6.07, 6.45) is 15.4. The Balaban J connectivity index is 1.75. The van der Waals surface area contributed by atoms with Gasteiger partial charge in [-0.2, -0.15) is 0 Å². The molecule has 0 saturated carbocycles. The summed E-state index contributed by atoms with van der Waals surface area (Å²) < 4.78 is 11.1. The van der Waals surface area contributed by atoms with Crippen molar-refractivity contribution in [1.29, 1.82) is 0 Å². The summed E-state index contributed by atoms with van der Waals surface area (Å²) in [5, 5.41) is 0. The van der Waals surface area contributed by atoms with Crippen LogP contribution >= 0.6 is 0 Å². The first kappa shape index (κ1) is 29.5. The molecule has 35 heavy (non-hydrogen) atoms. The number of carbonyl (C=O) groups is 4. The molecule has 4 unspecified atom stereocenters. The zero-order valence-electron chi connectivity index (χ0n) is 22.2. The normalized spacial score (nSPS) is 25.3. The minimum Gasteiger partial charge on any atom is -0.457 e. The van der Waals surface area contributed by atoms with Crippen LogP contribution in [0, 0.1) is 11.8 Å². The number of ketones is 2. The minimum absolute atomic E-state index is 0.0502. The molecule has 200 valence electrons. The van der Waals surface area contributed by atoms with Gasteiger partial charge in [-0.25, -0.2) is 0 Å². The molecule has 2 rings (SSSR count). The third kappa shape index (κ3) is 10.8. The van der Waals surface area contributed by atoms with Gasteiger partial charge < -0.3 is 9.47 Å². The predicted octanol–water partition coefficient (Wildman–Crippen LogP) is 6.66. The van der Waals surface area contributed by atoms with Gasteiger partial charge in [-0.3, -0.25) is 19.2 Å². The predicted molar refractivity (Wildman–Crippen MR) is 136 cm³/mol. The lowest BCUT2D eigenvalue weighted by molar-refractivity contribution is -0.182. The summed E-state index contributed by atoms with van der Waals surface area (Å²) in [6.45, 7) is 4.39. The fourth-order valence-corrected chi connectivity index (χ4v) is 5.27. The number of esters is 2. The van der Waals surface area contributed by atoms with Gasteiger partial charge in [0.05, 0.1) is 11.8 Å². The number of carbonyl (C=O) groups excluding carboxylic acids is 4. The Bertz CT molecular complexity index is 672. The van der Waals surface area contributed by atoms with Gasteiger partial charge in [-0.1, -0.05) is 104 Å². The molecule has 6 nitrogen and oxygen atoms in total. The van der Waals surface area contributed by atoms with Gasteiger partial charge in [-0.05, 0) is 12.8 Å². The van der Waals surface area contributed by atoms with Crippen molar-refractivity contribution < 1.29 is 28.7 Å². The average Bonchev–Trinajstić information content (AvgIpc) is 2.97. The highest BCUT2D eigenvalue weighted by Crippen LogP contribution is 2.30. The molecule has 0 aromatic carbocycles. The van der Waals surface area contributed by atoms with E-state index in [1.54, 1.807) is 0 Å². The Morgan fingerprint density at radius 2 is 1.03 bits per heavy atom. The van der Waals surface area contributed by atoms with Crippen molar-refractivity contribution in [2.75, 3.05) is 0 Å². The van der Waals surface area contributed by atoms with Crippen molar-refractivity contribution in [3.05, 3.63) is 0 Å². The van der Waals surface area contributed by atoms with E-state index in [1.165, 1.54) is 51.4 Å². The lowest BCUT2D eigenvalue weighted by atomic mass is 9.88. The van der Waals surface area contributed by atoms with Crippen molar-refractivity contribution in [2.24, 2.45) is 11.8 Å². The lowest BCUT2D eigenvalue weighted by Gasteiger charge is -2.31. The second kappa shape index (κ2) is 16.9. The molecular formula is C29H48O6. The Labute approximate surface area is 212 Å². The fraction of sp³-hybridized carbons (Fsp3) is 0.862. The molecule has 2 saturated heterocycles. The maximum Gasteiger partial charge on any atom is 0.310 e. The molecule has 0 aromatic rings. The number of unbranched alkanes of at least 4 members (excludes halogenated alkanes) is 12. The molecular weight excluding hydrogens is 444 g/mol. The zero-order chi connectivity index (χ0) is 25.5. The second-order valence-electron chi connectivity index (χ2n) is 10.7. The summed E-state index contributed by atoms with van der Waals surface area (Å²) in [5.74, 6) is -2.02. The average molecular weight is 493 g/mol. The maximum atomic E-state index is 12.8. The first-order chi connectivity index (χ1) is 17.0. The van der Waals surface area contributed by atoms with Gasteiger partial charge in [0.15, 0.2) is 18.0 Å². The van der Waals surface area contributed by atoms with E-state index < -0.39 is 36.0 Å². The topological polar surface area (TPSA) is 86.7 Å². The molecule has 0 aliphatic carbocycles. The Kier molecular flexibility index (Phi) is 14.2. The highest BCUT2D eigenvalue weighted by molar-refractivity contribution is 5.95. The third-order valence-corrected chi connectivity index (χ3v) is 7.50. The Morgan fingerprint density at radius 1 is 0.571 bits per heavy atom. The first-order valence-electron chi connectivity index (χ1n) is 14.4. The third-order valence-electron chi connectivity index (χ3n) is 7.50. The SMILES string of the molecule is CCCCCCCCCC1CC(=O)CC(C2OC(=O)C(CCCCCCCCC)CC2=O)OC1=O. The highest BCUT2D eigenvalue weighted by atomic mass is 16.6. The molecule has 0 amide bonds. The molecule has 2 heterocycles. The minimum atomic E-state index is -1.14. The van der Waals surface area contributed by atoms with E-state index in [-0.39, 0.29) is 30.8 Å². The number of Topliss-reactive ketones (excluding diaryl/α,β-unsaturated/α-hetero) is 2. The van der Waals surface area contributed by atoms with Crippen LogP contribution in [0.5, 0.6) is 0 Å². The molecule has 0 aromatic heterocycles. The van der Waals surface area contributed by atoms with E-state index in [9.17, 15) is 19.2 Å². The summed E-state index contributed by atoms with van der Waals surface area (Å²) >= 11 is 0. The van der Waals surface area contributed by atoms with E-state index in [1.807, 2.05) is 0 Å². The van der Waals surface area contributed by atoms with Crippen LogP contribution < -0.4 is 0 Å². The summed E-state index contributed by atoms with van der Waals surface area (Å²) in [5.41, 5.74) is 0. The molecule has 2 fully saturated rings. The highest BCUT2D eigenvalue weighted by Gasteiger charge is 2.45.